The largest absolute Gasteiger partial charge is 0.481 e. The van der Waals surface area contributed by atoms with E-state index in [9.17, 15) is 22.8 Å². The van der Waals surface area contributed by atoms with Gasteiger partial charge in [0.1, 0.15) is 5.75 Å². The number of carbonyl (C=O) groups is 2. The molecular weight excluding hydrogens is 373 g/mol. The van der Waals surface area contributed by atoms with Crippen LogP contribution in [0.1, 0.15) is 25.3 Å². The molecule has 0 bridgehead atoms. The van der Waals surface area contributed by atoms with E-state index in [4.69, 9.17) is 4.74 Å². The number of hydrogen-bond acceptors (Lipinski definition) is 3. The van der Waals surface area contributed by atoms with Gasteiger partial charge in [-0.3, -0.25) is 9.59 Å². The fraction of sp³-hybridized carbons (Fsp3) is 0.300. The first-order chi connectivity index (χ1) is 13.2. The number of halogens is 3. The highest BCUT2D eigenvalue weighted by atomic mass is 19.4. The smallest absolute Gasteiger partial charge is 0.416 e. The highest BCUT2D eigenvalue weighted by Crippen LogP contribution is 2.30. The van der Waals surface area contributed by atoms with Gasteiger partial charge in [0, 0.05) is 30.4 Å². The molecule has 5 nitrogen and oxygen atoms in total. The van der Waals surface area contributed by atoms with Crippen molar-refractivity contribution < 1.29 is 27.5 Å². The van der Waals surface area contributed by atoms with Crippen molar-refractivity contribution in [3.8, 4) is 5.75 Å². The molecule has 0 unspecified atom stereocenters. The number of amides is 2. The minimum absolute atomic E-state index is 0.0465. The summed E-state index contributed by atoms with van der Waals surface area (Å²) in [7, 11) is 0. The number of carbonyl (C=O) groups excluding carboxylic acids is 2. The quantitative estimate of drug-likeness (QED) is 0.828. The third-order valence-corrected chi connectivity index (χ3v) is 4.36. The molecule has 1 saturated heterocycles. The molecule has 2 amide bonds. The van der Waals surface area contributed by atoms with E-state index < -0.39 is 23.8 Å². The van der Waals surface area contributed by atoms with Crippen LogP contribution in [0.4, 0.5) is 24.5 Å². The van der Waals surface area contributed by atoms with Crippen molar-refractivity contribution in [3.05, 3.63) is 54.1 Å². The predicted molar refractivity (Wildman–Crippen MR) is 98.2 cm³/mol. The molecule has 1 fully saturated rings. The van der Waals surface area contributed by atoms with Crippen LogP contribution in [-0.2, 0) is 15.8 Å². The lowest BCUT2D eigenvalue weighted by Crippen LogP contribution is -2.30. The van der Waals surface area contributed by atoms with E-state index in [2.05, 4.69) is 5.32 Å². The van der Waals surface area contributed by atoms with Crippen molar-refractivity contribution in [2.24, 2.45) is 0 Å². The van der Waals surface area contributed by atoms with Crippen molar-refractivity contribution in [3.63, 3.8) is 0 Å². The van der Waals surface area contributed by atoms with Gasteiger partial charge in [0.25, 0.3) is 5.91 Å². The number of alkyl halides is 3. The standard InChI is InChI=1S/C20H19F3N2O3/c1-13(19(27)24-15-9-7-14(8-10-15)20(21,22)23)28-17-5-2-4-16(12-17)25-11-3-6-18(25)26/h2,4-5,7-10,12-13H,3,6,11H2,1H3,(H,24,27)/t13-/m0/s1. The van der Waals surface area contributed by atoms with Gasteiger partial charge in [0.15, 0.2) is 6.10 Å². The summed E-state index contributed by atoms with van der Waals surface area (Å²) in [6, 6.07) is 11.1. The normalized spacial score (nSPS) is 15.4. The first-order valence-corrected chi connectivity index (χ1v) is 8.79. The highest BCUT2D eigenvalue weighted by Gasteiger charge is 2.30. The number of nitrogens with one attached hydrogen (secondary N) is 1. The third kappa shape index (κ3) is 4.62. The Morgan fingerprint density at radius 1 is 1.18 bits per heavy atom. The lowest BCUT2D eigenvalue weighted by molar-refractivity contribution is -0.137. The van der Waals surface area contributed by atoms with Crippen molar-refractivity contribution in [1.29, 1.82) is 0 Å². The van der Waals surface area contributed by atoms with Gasteiger partial charge in [-0.25, -0.2) is 0 Å². The zero-order chi connectivity index (χ0) is 20.3. The Kier molecular flexibility index (Phi) is 5.58. The van der Waals surface area contributed by atoms with Crippen LogP contribution in [0.2, 0.25) is 0 Å². The Labute approximate surface area is 160 Å². The summed E-state index contributed by atoms with van der Waals surface area (Å²) in [4.78, 5) is 25.8. The van der Waals surface area contributed by atoms with Crippen LogP contribution < -0.4 is 15.0 Å². The van der Waals surface area contributed by atoms with E-state index in [1.807, 2.05) is 0 Å². The maximum absolute atomic E-state index is 12.6. The first-order valence-electron chi connectivity index (χ1n) is 8.79. The molecule has 28 heavy (non-hydrogen) atoms. The summed E-state index contributed by atoms with van der Waals surface area (Å²) < 4.78 is 43.4. The molecule has 8 heteroatoms. The molecule has 3 rings (SSSR count). The zero-order valence-electron chi connectivity index (χ0n) is 15.1. The maximum atomic E-state index is 12.6. The second-order valence-electron chi connectivity index (χ2n) is 6.47. The monoisotopic (exact) mass is 392 g/mol. The molecule has 1 N–H and O–H groups in total. The Bertz CT molecular complexity index is 866. The predicted octanol–water partition coefficient (Wildman–Crippen LogP) is 4.24. The Morgan fingerprint density at radius 2 is 1.89 bits per heavy atom. The summed E-state index contributed by atoms with van der Waals surface area (Å²) in [5.74, 6) is -0.0278. The summed E-state index contributed by atoms with van der Waals surface area (Å²) in [6.45, 7) is 2.18. The molecule has 0 saturated carbocycles. The number of benzene rings is 2. The molecule has 0 radical (unpaired) electrons. The number of ether oxygens (including phenoxy) is 1. The highest BCUT2D eigenvalue weighted by molar-refractivity contribution is 5.96. The first kappa shape index (κ1) is 19.7. The fourth-order valence-electron chi connectivity index (χ4n) is 2.89. The molecule has 0 aliphatic carbocycles. The molecule has 0 spiro atoms. The number of nitrogens with zero attached hydrogens (tertiary/aromatic N) is 1. The lowest BCUT2D eigenvalue weighted by Gasteiger charge is -2.19. The van der Waals surface area contributed by atoms with E-state index in [1.54, 1.807) is 29.2 Å². The molecule has 0 aromatic heterocycles. The molecule has 1 aliphatic heterocycles. The van der Waals surface area contributed by atoms with Gasteiger partial charge in [-0.2, -0.15) is 13.2 Å². The summed E-state index contributed by atoms with van der Waals surface area (Å²) in [5.41, 5.74) is 0.156. The minimum atomic E-state index is -4.43. The third-order valence-electron chi connectivity index (χ3n) is 4.36. The van der Waals surface area contributed by atoms with E-state index in [0.717, 1.165) is 18.6 Å². The Balaban J connectivity index is 1.62. The average molecular weight is 392 g/mol. The van der Waals surface area contributed by atoms with Crippen LogP contribution in [0.5, 0.6) is 5.75 Å². The molecule has 1 aliphatic rings. The number of rotatable bonds is 5. The van der Waals surface area contributed by atoms with Gasteiger partial charge in [0.2, 0.25) is 5.91 Å². The van der Waals surface area contributed by atoms with E-state index >= 15 is 0 Å². The second kappa shape index (κ2) is 7.92. The Morgan fingerprint density at radius 3 is 2.50 bits per heavy atom. The topological polar surface area (TPSA) is 58.6 Å². The summed E-state index contributed by atoms with van der Waals surface area (Å²) >= 11 is 0. The molecular formula is C20H19F3N2O3. The van der Waals surface area contributed by atoms with Gasteiger partial charge < -0.3 is 15.0 Å². The van der Waals surface area contributed by atoms with Crippen LogP contribution >= 0.6 is 0 Å². The Hall–Kier alpha value is -3.03. The summed E-state index contributed by atoms with van der Waals surface area (Å²) in [6.07, 6.45) is -4.00. The zero-order valence-corrected chi connectivity index (χ0v) is 15.1. The van der Waals surface area contributed by atoms with E-state index in [1.165, 1.54) is 19.1 Å². The van der Waals surface area contributed by atoms with Crippen LogP contribution in [-0.4, -0.2) is 24.5 Å². The second-order valence-corrected chi connectivity index (χ2v) is 6.47. The van der Waals surface area contributed by atoms with Crippen LogP contribution in [0.15, 0.2) is 48.5 Å². The van der Waals surface area contributed by atoms with Gasteiger partial charge in [-0.15, -0.1) is 0 Å². The maximum Gasteiger partial charge on any atom is 0.416 e. The van der Waals surface area contributed by atoms with Gasteiger partial charge in [0.05, 0.1) is 5.56 Å². The fourth-order valence-corrected chi connectivity index (χ4v) is 2.89. The molecule has 148 valence electrons. The summed E-state index contributed by atoms with van der Waals surface area (Å²) in [5, 5.41) is 2.52. The van der Waals surface area contributed by atoms with E-state index in [-0.39, 0.29) is 11.6 Å². The van der Waals surface area contributed by atoms with Crippen LogP contribution in [0, 0.1) is 0 Å². The van der Waals surface area contributed by atoms with Crippen molar-refractivity contribution in [2.75, 3.05) is 16.8 Å². The minimum Gasteiger partial charge on any atom is -0.481 e. The molecule has 2 aromatic carbocycles. The van der Waals surface area contributed by atoms with Gasteiger partial charge >= 0.3 is 6.18 Å². The lowest BCUT2D eigenvalue weighted by atomic mass is 10.2. The van der Waals surface area contributed by atoms with Crippen LogP contribution in [0.3, 0.4) is 0 Å². The van der Waals surface area contributed by atoms with Gasteiger partial charge in [-0.1, -0.05) is 6.07 Å². The number of anilines is 2. The van der Waals surface area contributed by atoms with Crippen LogP contribution in [0.25, 0.3) is 0 Å². The molecule has 2 aromatic rings. The van der Waals surface area contributed by atoms with Crippen molar-refractivity contribution in [1.82, 2.24) is 0 Å². The molecule has 1 heterocycles. The molecule has 1 atom stereocenters. The SMILES string of the molecule is C[C@H](Oc1cccc(N2CCCC2=O)c1)C(=O)Nc1ccc(C(F)(F)F)cc1. The van der Waals surface area contributed by atoms with Crippen molar-refractivity contribution in [2.45, 2.75) is 32.0 Å². The van der Waals surface area contributed by atoms with Crippen molar-refractivity contribution >= 4 is 23.2 Å². The number of hydrogen-bond donors (Lipinski definition) is 1. The average Bonchev–Trinajstić information content (AvgIpc) is 3.07. The van der Waals surface area contributed by atoms with E-state index in [0.29, 0.717) is 24.4 Å². The van der Waals surface area contributed by atoms with Gasteiger partial charge in [-0.05, 0) is 49.7 Å².